The molecule has 0 aliphatic carbocycles. The Kier molecular flexibility index (Phi) is 3.18. The van der Waals surface area contributed by atoms with Crippen LogP contribution < -0.4 is 5.32 Å². The second-order valence-electron chi connectivity index (χ2n) is 3.96. The van der Waals surface area contributed by atoms with Crippen LogP contribution in [0.5, 0.6) is 0 Å². The Labute approximate surface area is 99.5 Å². The molecule has 0 fully saturated rings. The third kappa shape index (κ3) is 2.90. The van der Waals surface area contributed by atoms with E-state index in [1.165, 1.54) is 22.9 Å². The van der Waals surface area contributed by atoms with Crippen molar-refractivity contribution in [3.05, 3.63) is 42.0 Å². The molecule has 0 aliphatic heterocycles. The van der Waals surface area contributed by atoms with Gasteiger partial charge in [0.15, 0.2) is 0 Å². The summed E-state index contributed by atoms with van der Waals surface area (Å²) >= 11 is 0. The molecule has 5 heteroatoms. The number of aromatic nitrogens is 3. The van der Waals surface area contributed by atoms with Crippen LogP contribution in [0.4, 0.5) is 5.69 Å². The number of carbonyl (C=O) groups excluding carboxylic acids is 1. The van der Waals surface area contributed by atoms with Crippen LogP contribution in [0.3, 0.4) is 0 Å². The largest absolute Gasteiger partial charge is 0.324 e. The number of amides is 1. The van der Waals surface area contributed by atoms with Crippen LogP contribution in [-0.4, -0.2) is 20.7 Å². The number of hydrogen-bond donors (Lipinski definition) is 1. The molecule has 0 unspecified atom stereocenters. The SMILES string of the molecule is Cc1ccc(NC(=O)Cn2cncn2)c(C)c1. The van der Waals surface area contributed by atoms with Gasteiger partial charge in [0.25, 0.3) is 0 Å². The number of nitrogens with one attached hydrogen (secondary N) is 1. The number of benzene rings is 1. The van der Waals surface area contributed by atoms with Gasteiger partial charge < -0.3 is 5.32 Å². The number of rotatable bonds is 3. The van der Waals surface area contributed by atoms with Crippen molar-refractivity contribution in [2.24, 2.45) is 0 Å². The Morgan fingerprint density at radius 3 is 2.88 bits per heavy atom. The van der Waals surface area contributed by atoms with E-state index < -0.39 is 0 Å². The van der Waals surface area contributed by atoms with Gasteiger partial charge in [-0.05, 0) is 25.5 Å². The lowest BCUT2D eigenvalue weighted by atomic mass is 10.1. The van der Waals surface area contributed by atoms with Gasteiger partial charge in [0.2, 0.25) is 5.91 Å². The Morgan fingerprint density at radius 2 is 2.24 bits per heavy atom. The fourth-order valence-corrected chi connectivity index (χ4v) is 1.61. The van der Waals surface area contributed by atoms with E-state index in [0.717, 1.165) is 11.3 Å². The third-order valence-corrected chi connectivity index (χ3v) is 2.43. The molecule has 0 spiro atoms. The summed E-state index contributed by atoms with van der Waals surface area (Å²) in [5, 5.41) is 6.73. The molecule has 0 atom stereocenters. The molecule has 1 N–H and O–H groups in total. The maximum atomic E-state index is 11.7. The van der Waals surface area contributed by atoms with Crippen molar-refractivity contribution >= 4 is 11.6 Å². The standard InChI is InChI=1S/C12H14N4O/c1-9-3-4-11(10(2)5-9)15-12(17)6-16-8-13-7-14-16/h3-5,7-8H,6H2,1-2H3,(H,15,17). The van der Waals surface area contributed by atoms with E-state index >= 15 is 0 Å². The maximum Gasteiger partial charge on any atom is 0.246 e. The molecule has 5 nitrogen and oxygen atoms in total. The highest BCUT2D eigenvalue weighted by atomic mass is 16.2. The van der Waals surface area contributed by atoms with Crippen molar-refractivity contribution in [1.29, 1.82) is 0 Å². The van der Waals surface area contributed by atoms with Crippen LogP contribution in [0.1, 0.15) is 11.1 Å². The summed E-state index contributed by atoms with van der Waals surface area (Å²) in [5.74, 6) is -0.109. The highest BCUT2D eigenvalue weighted by Gasteiger charge is 2.05. The Hall–Kier alpha value is -2.17. The van der Waals surface area contributed by atoms with E-state index in [2.05, 4.69) is 15.4 Å². The van der Waals surface area contributed by atoms with Crippen molar-refractivity contribution in [1.82, 2.24) is 14.8 Å². The van der Waals surface area contributed by atoms with Crippen molar-refractivity contribution in [2.45, 2.75) is 20.4 Å². The quantitative estimate of drug-likeness (QED) is 0.870. The number of hydrogen-bond acceptors (Lipinski definition) is 3. The van der Waals surface area contributed by atoms with Crippen molar-refractivity contribution in [2.75, 3.05) is 5.32 Å². The van der Waals surface area contributed by atoms with Gasteiger partial charge in [0.05, 0.1) is 0 Å². The average molecular weight is 230 g/mol. The summed E-state index contributed by atoms with van der Waals surface area (Å²) < 4.78 is 1.48. The molecular formula is C12H14N4O. The van der Waals surface area contributed by atoms with Gasteiger partial charge in [-0.2, -0.15) is 5.10 Å². The van der Waals surface area contributed by atoms with Crippen LogP contribution in [0.25, 0.3) is 0 Å². The summed E-state index contributed by atoms with van der Waals surface area (Å²) in [6.45, 7) is 4.17. The normalized spacial score (nSPS) is 10.2. The minimum atomic E-state index is -0.109. The molecule has 0 radical (unpaired) electrons. The maximum absolute atomic E-state index is 11.7. The van der Waals surface area contributed by atoms with Crippen LogP contribution in [0.15, 0.2) is 30.9 Å². The van der Waals surface area contributed by atoms with E-state index in [9.17, 15) is 4.79 Å². The fourth-order valence-electron chi connectivity index (χ4n) is 1.61. The lowest BCUT2D eigenvalue weighted by molar-refractivity contribution is -0.116. The zero-order valence-corrected chi connectivity index (χ0v) is 9.84. The lowest BCUT2D eigenvalue weighted by Crippen LogP contribution is -2.19. The highest BCUT2D eigenvalue weighted by Crippen LogP contribution is 2.15. The van der Waals surface area contributed by atoms with Gasteiger partial charge in [-0.3, -0.25) is 4.79 Å². The first-order valence-corrected chi connectivity index (χ1v) is 5.34. The molecule has 0 bridgehead atoms. The van der Waals surface area contributed by atoms with Gasteiger partial charge >= 0.3 is 0 Å². The zero-order chi connectivity index (χ0) is 12.3. The second-order valence-corrected chi connectivity index (χ2v) is 3.96. The van der Waals surface area contributed by atoms with Gasteiger partial charge in [-0.25, -0.2) is 9.67 Å². The molecule has 1 heterocycles. The third-order valence-electron chi connectivity index (χ3n) is 2.43. The minimum absolute atomic E-state index is 0.109. The van der Waals surface area contributed by atoms with Crippen molar-refractivity contribution in [3.8, 4) is 0 Å². The first kappa shape index (κ1) is 11.3. The molecule has 0 saturated heterocycles. The molecule has 0 aliphatic rings. The van der Waals surface area contributed by atoms with Gasteiger partial charge in [0, 0.05) is 5.69 Å². The topological polar surface area (TPSA) is 59.8 Å². The Balaban J connectivity index is 2.03. The van der Waals surface area contributed by atoms with Gasteiger partial charge in [-0.1, -0.05) is 17.7 Å². The summed E-state index contributed by atoms with van der Waals surface area (Å²) in [4.78, 5) is 15.5. The van der Waals surface area contributed by atoms with Gasteiger partial charge in [-0.15, -0.1) is 0 Å². The minimum Gasteiger partial charge on any atom is -0.324 e. The van der Waals surface area contributed by atoms with Crippen LogP contribution in [-0.2, 0) is 11.3 Å². The zero-order valence-electron chi connectivity index (χ0n) is 9.84. The van der Waals surface area contributed by atoms with E-state index in [0.29, 0.717) is 0 Å². The smallest absolute Gasteiger partial charge is 0.246 e. The lowest BCUT2D eigenvalue weighted by Gasteiger charge is -2.08. The predicted octanol–water partition coefficient (Wildman–Crippen LogP) is 1.53. The Morgan fingerprint density at radius 1 is 1.41 bits per heavy atom. The van der Waals surface area contributed by atoms with E-state index in [1.807, 2.05) is 32.0 Å². The first-order chi connectivity index (χ1) is 8.15. The number of carbonyl (C=O) groups is 1. The van der Waals surface area contributed by atoms with Crippen molar-refractivity contribution < 1.29 is 4.79 Å². The summed E-state index contributed by atoms with van der Waals surface area (Å²) in [6, 6.07) is 5.91. The van der Waals surface area contributed by atoms with E-state index in [-0.39, 0.29) is 12.5 Å². The van der Waals surface area contributed by atoms with E-state index in [4.69, 9.17) is 0 Å². The molecule has 88 valence electrons. The van der Waals surface area contributed by atoms with Crippen LogP contribution in [0.2, 0.25) is 0 Å². The predicted molar refractivity (Wildman–Crippen MR) is 64.6 cm³/mol. The number of aryl methyl sites for hydroxylation is 2. The molecular weight excluding hydrogens is 216 g/mol. The van der Waals surface area contributed by atoms with E-state index in [1.54, 1.807) is 0 Å². The second kappa shape index (κ2) is 4.78. The first-order valence-electron chi connectivity index (χ1n) is 5.34. The van der Waals surface area contributed by atoms with Crippen LogP contribution >= 0.6 is 0 Å². The average Bonchev–Trinajstić information content (AvgIpc) is 2.75. The molecule has 2 aromatic rings. The molecule has 0 saturated carbocycles. The molecule has 1 amide bonds. The molecule has 2 rings (SSSR count). The summed E-state index contributed by atoms with van der Waals surface area (Å²) in [5.41, 5.74) is 3.06. The number of anilines is 1. The molecule has 1 aromatic heterocycles. The van der Waals surface area contributed by atoms with Crippen molar-refractivity contribution in [3.63, 3.8) is 0 Å². The molecule has 1 aromatic carbocycles. The summed E-state index contributed by atoms with van der Waals surface area (Å²) in [7, 11) is 0. The van der Waals surface area contributed by atoms with Crippen LogP contribution in [0, 0.1) is 13.8 Å². The fraction of sp³-hybridized carbons (Fsp3) is 0.250. The monoisotopic (exact) mass is 230 g/mol. The number of nitrogens with zero attached hydrogens (tertiary/aromatic N) is 3. The molecule has 17 heavy (non-hydrogen) atoms. The van der Waals surface area contributed by atoms with Gasteiger partial charge in [0.1, 0.15) is 19.2 Å². The highest BCUT2D eigenvalue weighted by molar-refractivity contribution is 5.91. The Bertz CT molecular complexity index is 519. The summed E-state index contributed by atoms with van der Waals surface area (Å²) in [6.07, 6.45) is 2.92.